The zero-order valence-corrected chi connectivity index (χ0v) is 11.0. The van der Waals surface area contributed by atoms with E-state index >= 15 is 0 Å². The molecular weight excluding hydrogens is 254 g/mol. The molecule has 0 bridgehead atoms. The highest BCUT2D eigenvalue weighted by molar-refractivity contribution is 6.29. The maximum absolute atomic E-state index is 10.9. The first-order valence-corrected chi connectivity index (χ1v) is 6.55. The molecule has 0 spiro atoms. The standard InChI is InChI=1S/C12H16ClN3O2/c1-2-9(7-8-3-4-8)14-12-10(16(17)18)5-6-11(13)15-12/h5-6,8-9H,2-4,7H2,1H3,(H,14,15). The van der Waals surface area contributed by atoms with Gasteiger partial charge in [-0.2, -0.15) is 0 Å². The lowest BCUT2D eigenvalue weighted by molar-refractivity contribution is -0.384. The molecule has 1 aromatic heterocycles. The number of halogens is 1. The molecule has 5 nitrogen and oxygen atoms in total. The minimum absolute atomic E-state index is 0.0198. The SMILES string of the molecule is CCC(CC1CC1)Nc1nc(Cl)ccc1[N+](=O)[O-]. The molecule has 18 heavy (non-hydrogen) atoms. The number of nitrogens with zero attached hydrogens (tertiary/aromatic N) is 2. The van der Waals surface area contributed by atoms with E-state index in [-0.39, 0.29) is 22.7 Å². The van der Waals surface area contributed by atoms with Gasteiger partial charge in [0.25, 0.3) is 0 Å². The van der Waals surface area contributed by atoms with Crippen molar-refractivity contribution in [2.75, 3.05) is 5.32 Å². The van der Waals surface area contributed by atoms with E-state index in [0.29, 0.717) is 0 Å². The maximum atomic E-state index is 10.9. The molecule has 1 heterocycles. The van der Waals surface area contributed by atoms with Gasteiger partial charge >= 0.3 is 5.69 Å². The van der Waals surface area contributed by atoms with Crippen LogP contribution in [0.3, 0.4) is 0 Å². The molecule has 1 aliphatic carbocycles. The molecule has 98 valence electrons. The normalized spacial score (nSPS) is 16.3. The van der Waals surface area contributed by atoms with E-state index < -0.39 is 4.92 Å². The predicted molar refractivity (Wildman–Crippen MR) is 70.9 cm³/mol. The van der Waals surface area contributed by atoms with E-state index in [1.807, 2.05) is 0 Å². The number of nitro groups is 1. The van der Waals surface area contributed by atoms with Crippen LogP contribution in [-0.2, 0) is 0 Å². The summed E-state index contributed by atoms with van der Waals surface area (Å²) in [5.41, 5.74) is -0.0198. The van der Waals surface area contributed by atoms with Gasteiger partial charge in [0.15, 0.2) is 0 Å². The Kier molecular flexibility index (Phi) is 4.01. The van der Waals surface area contributed by atoms with Crippen LogP contribution < -0.4 is 5.32 Å². The highest BCUT2D eigenvalue weighted by Gasteiger charge is 2.26. The van der Waals surface area contributed by atoms with Crippen LogP contribution in [0.25, 0.3) is 0 Å². The molecular formula is C12H16ClN3O2. The van der Waals surface area contributed by atoms with Crippen molar-refractivity contribution in [1.29, 1.82) is 0 Å². The van der Waals surface area contributed by atoms with Gasteiger partial charge in [-0.05, 0) is 24.8 Å². The highest BCUT2D eigenvalue weighted by atomic mass is 35.5. The molecule has 0 amide bonds. The van der Waals surface area contributed by atoms with Crippen LogP contribution in [-0.4, -0.2) is 15.9 Å². The lowest BCUT2D eigenvalue weighted by Crippen LogP contribution is -2.20. The summed E-state index contributed by atoms with van der Waals surface area (Å²) in [6, 6.07) is 3.05. The van der Waals surface area contributed by atoms with Crippen LogP contribution in [0.5, 0.6) is 0 Å². The highest BCUT2D eigenvalue weighted by Crippen LogP contribution is 2.35. The number of aromatic nitrogens is 1. The van der Waals surface area contributed by atoms with Gasteiger partial charge in [0.1, 0.15) is 5.15 Å². The van der Waals surface area contributed by atoms with Gasteiger partial charge in [-0.3, -0.25) is 10.1 Å². The van der Waals surface area contributed by atoms with Crippen molar-refractivity contribution in [3.63, 3.8) is 0 Å². The minimum Gasteiger partial charge on any atom is -0.362 e. The van der Waals surface area contributed by atoms with E-state index in [1.165, 1.54) is 25.0 Å². The van der Waals surface area contributed by atoms with Crippen molar-refractivity contribution in [1.82, 2.24) is 4.98 Å². The molecule has 2 rings (SSSR count). The minimum atomic E-state index is -0.435. The lowest BCUT2D eigenvalue weighted by Gasteiger charge is -2.17. The van der Waals surface area contributed by atoms with Crippen molar-refractivity contribution in [2.45, 2.75) is 38.6 Å². The molecule has 0 aliphatic heterocycles. The summed E-state index contributed by atoms with van der Waals surface area (Å²) < 4.78 is 0. The van der Waals surface area contributed by atoms with E-state index in [0.717, 1.165) is 18.8 Å². The summed E-state index contributed by atoms with van der Waals surface area (Å²) >= 11 is 5.79. The fourth-order valence-corrected chi connectivity index (χ4v) is 2.11. The number of anilines is 1. The zero-order chi connectivity index (χ0) is 13.1. The Morgan fingerprint density at radius 2 is 2.33 bits per heavy atom. The summed E-state index contributed by atoms with van der Waals surface area (Å²) in [5, 5.41) is 14.3. The van der Waals surface area contributed by atoms with Crippen molar-refractivity contribution < 1.29 is 4.92 Å². The fourth-order valence-electron chi connectivity index (χ4n) is 1.96. The first kappa shape index (κ1) is 13.1. The van der Waals surface area contributed by atoms with Crippen LogP contribution in [0.2, 0.25) is 5.15 Å². The van der Waals surface area contributed by atoms with E-state index in [1.54, 1.807) is 0 Å². The number of nitrogens with one attached hydrogen (secondary N) is 1. The monoisotopic (exact) mass is 269 g/mol. The molecule has 1 fully saturated rings. The number of hydrogen-bond acceptors (Lipinski definition) is 4. The smallest absolute Gasteiger partial charge is 0.311 e. The molecule has 1 aliphatic rings. The van der Waals surface area contributed by atoms with Gasteiger partial charge in [-0.15, -0.1) is 0 Å². The summed E-state index contributed by atoms with van der Waals surface area (Å²) in [6.45, 7) is 2.07. The third-order valence-electron chi connectivity index (χ3n) is 3.19. The molecule has 1 unspecified atom stereocenters. The van der Waals surface area contributed by atoms with Crippen LogP contribution in [0.4, 0.5) is 11.5 Å². The van der Waals surface area contributed by atoms with Gasteiger partial charge < -0.3 is 5.32 Å². The number of rotatable bonds is 6. The Balaban J connectivity index is 2.14. The van der Waals surface area contributed by atoms with Gasteiger partial charge in [0.05, 0.1) is 4.92 Å². The van der Waals surface area contributed by atoms with Crippen LogP contribution >= 0.6 is 11.6 Å². The van der Waals surface area contributed by atoms with E-state index in [2.05, 4.69) is 17.2 Å². The summed E-state index contributed by atoms with van der Waals surface area (Å²) in [6.07, 6.45) is 4.50. The first-order valence-electron chi connectivity index (χ1n) is 6.17. The Bertz CT molecular complexity index is 449. The second-order valence-corrected chi connectivity index (χ2v) is 5.07. The molecule has 1 N–H and O–H groups in total. The molecule has 6 heteroatoms. The quantitative estimate of drug-likeness (QED) is 0.486. The average Bonchev–Trinajstić information content (AvgIpc) is 3.11. The average molecular weight is 270 g/mol. The predicted octanol–water partition coefficient (Wildman–Crippen LogP) is 3.63. The third kappa shape index (κ3) is 3.32. The Hall–Kier alpha value is -1.36. The summed E-state index contributed by atoms with van der Waals surface area (Å²) in [4.78, 5) is 14.5. The van der Waals surface area contributed by atoms with Crippen LogP contribution in [0, 0.1) is 16.0 Å². The van der Waals surface area contributed by atoms with Crippen molar-refractivity contribution in [2.24, 2.45) is 5.92 Å². The van der Waals surface area contributed by atoms with Crippen LogP contribution in [0.1, 0.15) is 32.6 Å². The lowest BCUT2D eigenvalue weighted by atomic mass is 10.1. The first-order chi connectivity index (χ1) is 8.60. The molecule has 0 saturated heterocycles. The van der Waals surface area contributed by atoms with Gasteiger partial charge in [0, 0.05) is 12.1 Å². The number of hydrogen-bond donors (Lipinski definition) is 1. The van der Waals surface area contributed by atoms with Gasteiger partial charge in [-0.25, -0.2) is 4.98 Å². The topological polar surface area (TPSA) is 68.1 Å². The van der Waals surface area contributed by atoms with E-state index in [4.69, 9.17) is 11.6 Å². The Labute approximate surface area is 111 Å². The van der Waals surface area contributed by atoms with Gasteiger partial charge in [0.2, 0.25) is 5.82 Å². The fraction of sp³-hybridized carbons (Fsp3) is 0.583. The molecule has 1 aromatic rings. The van der Waals surface area contributed by atoms with Crippen LogP contribution in [0.15, 0.2) is 12.1 Å². The Morgan fingerprint density at radius 3 is 2.89 bits per heavy atom. The molecule has 0 radical (unpaired) electrons. The number of pyridine rings is 1. The Morgan fingerprint density at radius 1 is 1.61 bits per heavy atom. The van der Waals surface area contributed by atoms with Crippen molar-refractivity contribution in [3.8, 4) is 0 Å². The third-order valence-corrected chi connectivity index (χ3v) is 3.40. The summed E-state index contributed by atoms with van der Waals surface area (Å²) in [7, 11) is 0. The van der Waals surface area contributed by atoms with Crippen molar-refractivity contribution in [3.05, 3.63) is 27.4 Å². The zero-order valence-electron chi connectivity index (χ0n) is 10.2. The summed E-state index contributed by atoms with van der Waals surface area (Å²) in [5.74, 6) is 1.04. The molecule has 0 aromatic carbocycles. The van der Waals surface area contributed by atoms with Crippen molar-refractivity contribution >= 4 is 23.1 Å². The van der Waals surface area contributed by atoms with E-state index in [9.17, 15) is 10.1 Å². The molecule has 1 atom stereocenters. The van der Waals surface area contributed by atoms with Gasteiger partial charge in [-0.1, -0.05) is 31.4 Å². The largest absolute Gasteiger partial charge is 0.362 e. The maximum Gasteiger partial charge on any atom is 0.311 e. The molecule has 1 saturated carbocycles. The second-order valence-electron chi connectivity index (χ2n) is 4.69. The second kappa shape index (κ2) is 5.52.